The van der Waals surface area contributed by atoms with Crippen LogP contribution in [0.1, 0.15) is 21.7 Å². The Morgan fingerprint density at radius 1 is 1.58 bits per heavy atom. The van der Waals surface area contributed by atoms with Gasteiger partial charge in [0.05, 0.1) is 0 Å². The Hall–Kier alpha value is -2.19. The number of aliphatic hydroxyl groups excluding tert-OH is 1. The third-order valence-electron chi connectivity index (χ3n) is 2.27. The van der Waals surface area contributed by atoms with Crippen molar-refractivity contribution >= 4 is 18.3 Å². The summed E-state index contributed by atoms with van der Waals surface area (Å²) in [6.07, 6.45) is 3.21. The molecule has 0 unspecified atom stereocenters. The molecule has 0 spiro atoms. The molecule has 19 heavy (non-hydrogen) atoms. The van der Waals surface area contributed by atoms with Crippen LogP contribution >= 0.6 is 12.4 Å². The second-order valence-electron chi connectivity index (χ2n) is 3.48. The van der Waals surface area contributed by atoms with E-state index < -0.39 is 12.5 Å². The number of carbonyl (C=O) groups is 1. The van der Waals surface area contributed by atoms with E-state index in [4.69, 9.17) is 5.11 Å². The van der Waals surface area contributed by atoms with Gasteiger partial charge in [-0.3, -0.25) is 9.78 Å². The van der Waals surface area contributed by atoms with Gasteiger partial charge in [-0.1, -0.05) is 15.9 Å². The van der Waals surface area contributed by atoms with E-state index >= 15 is 0 Å². The van der Waals surface area contributed by atoms with Crippen LogP contribution in [0.4, 0.5) is 0 Å². The number of carbonyl (C=O) groups excluding carboxylic acids is 1. The summed E-state index contributed by atoms with van der Waals surface area (Å²) in [6, 6.07) is 3.52. The number of aromatic amines is 1. The van der Waals surface area contributed by atoms with Crippen molar-refractivity contribution in [3.05, 3.63) is 46.4 Å². The van der Waals surface area contributed by atoms with Crippen LogP contribution in [0.3, 0.4) is 0 Å². The zero-order valence-corrected chi connectivity index (χ0v) is 10.5. The average molecular weight is 288 g/mol. The Balaban J connectivity index is 0.00000180. The summed E-state index contributed by atoms with van der Waals surface area (Å²) < 4.78 is 4.38. The van der Waals surface area contributed by atoms with Gasteiger partial charge in [0.25, 0.3) is 0 Å². The second kappa shape index (κ2) is 6.66. The highest BCUT2D eigenvalue weighted by molar-refractivity contribution is 5.91. The minimum atomic E-state index is -0.636. The number of halogens is 1. The summed E-state index contributed by atoms with van der Waals surface area (Å²) in [5, 5.41) is 13.6. The SMILES string of the molecule is Cl.O=C(NCc1cccnc1)c1c(CO)[nH]o[n+]1=O. The number of nitrogens with one attached hydrogen (secondary N) is 2. The molecular weight excluding hydrogens is 276 g/mol. The van der Waals surface area contributed by atoms with E-state index in [1.54, 1.807) is 24.5 Å². The molecule has 0 bridgehead atoms. The van der Waals surface area contributed by atoms with Crippen LogP contribution in [0, 0.1) is 4.91 Å². The molecule has 0 fully saturated rings. The highest BCUT2D eigenvalue weighted by atomic mass is 35.5. The largest absolute Gasteiger partial charge is 0.388 e. The number of nitrogens with zero attached hydrogens (tertiary/aromatic N) is 2. The van der Waals surface area contributed by atoms with E-state index in [2.05, 4.69) is 20.1 Å². The van der Waals surface area contributed by atoms with Crippen LogP contribution in [-0.2, 0) is 13.2 Å². The fourth-order valence-electron chi connectivity index (χ4n) is 1.40. The van der Waals surface area contributed by atoms with Crippen molar-refractivity contribution in [3.8, 4) is 0 Å². The molecule has 9 heteroatoms. The molecule has 2 aromatic heterocycles. The predicted octanol–water partition coefficient (Wildman–Crippen LogP) is -0.239. The number of hydrogen-bond donors (Lipinski definition) is 3. The Morgan fingerprint density at radius 3 is 3.00 bits per heavy atom. The molecule has 0 radical (unpaired) electrons. The van der Waals surface area contributed by atoms with E-state index in [0.717, 1.165) is 5.56 Å². The van der Waals surface area contributed by atoms with Gasteiger partial charge >= 0.3 is 11.6 Å². The van der Waals surface area contributed by atoms with Crippen molar-refractivity contribution in [2.75, 3.05) is 0 Å². The molecule has 0 aromatic carbocycles. The molecule has 1 amide bonds. The minimum absolute atomic E-state index is 0. The molecular formula is C10H12ClN4O4+. The summed E-state index contributed by atoms with van der Waals surface area (Å²) in [5.74, 6) is -0.636. The fourth-order valence-corrected chi connectivity index (χ4v) is 1.40. The highest BCUT2D eigenvalue weighted by Gasteiger charge is 2.26. The monoisotopic (exact) mass is 287 g/mol. The van der Waals surface area contributed by atoms with Gasteiger partial charge in [-0.05, 0) is 16.5 Å². The Bertz CT molecular complexity index is 595. The average Bonchev–Trinajstić information content (AvgIpc) is 2.78. The molecule has 102 valence electrons. The lowest BCUT2D eigenvalue weighted by Gasteiger charge is -2.00. The van der Waals surface area contributed by atoms with Crippen molar-refractivity contribution in [1.82, 2.24) is 15.5 Å². The van der Waals surface area contributed by atoms with Crippen LogP contribution in [-0.4, -0.2) is 21.2 Å². The molecule has 0 saturated carbocycles. The normalized spacial score (nSPS) is 9.74. The lowest BCUT2D eigenvalue weighted by molar-refractivity contribution is -0.714. The number of rotatable bonds is 4. The molecule has 8 nitrogen and oxygen atoms in total. The van der Waals surface area contributed by atoms with Crippen LogP contribution in [0.5, 0.6) is 0 Å². The Labute approximate surface area is 113 Å². The summed E-state index contributed by atoms with van der Waals surface area (Å²) in [4.78, 5) is 26.8. The number of H-pyrrole nitrogens is 1. The maximum Gasteiger partial charge on any atom is 0.334 e. The molecule has 3 N–H and O–H groups in total. The number of aromatic nitrogens is 3. The van der Waals surface area contributed by atoms with Gasteiger partial charge in [0.2, 0.25) is 5.69 Å². The van der Waals surface area contributed by atoms with Crippen molar-refractivity contribution in [1.29, 1.82) is 0 Å². The van der Waals surface area contributed by atoms with Crippen molar-refractivity contribution in [2.45, 2.75) is 13.2 Å². The first-order valence-electron chi connectivity index (χ1n) is 5.13. The molecule has 0 atom stereocenters. The quantitative estimate of drug-likeness (QED) is 0.718. The van der Waals surface area contributed by atoms with Gasteiger partial charge in [0.15, 0.2) is 4.60 Å². The van der Waals surface area contributed by atoms with Gasteiger partial charge in [-0.2, -0.15) is 0 Å². The van der Waals surface area contributed by atoms with E-state index in [0.29, 0.717) is 0 Å². The standard InChI is InChI=1S/C10H10N4O4.ClH/c15-6-8-9(14(17)18-13-8)10(16)12-5-7-2-1-3-11-4-7;/h1-4,15H,5-6H2,(H-,12,13,16,17);1H/p+1. The lowest BCUT2D eigenvalue weighted by Crippen LogP contribution is -2.32. The van der Waals surface area contributed by atoms with Gasteiger partial charge in [-0.25, -0.2) is 0 Å². The van der Waals surface area contributed by atoms with E-state index in [1.165, 1.54) is 0 Å². The van der Waals surface area contributed by atoms with E-state index in [9.17, 15) is 9.70 Å². The molecule has 0 aliphatic heterocycles. The fraction of sp³-hybridized carbons (Fsp3) is 0.200. The summed E-state index contributed by atoms with van der Waals surface area (Å²) in [7, 11) is 0. The maximum absolute atomic E-state index is 11.7. The first kappa shape index (κ1) is 14.9. The third kappa shape index (κ3) is 3.39. The number of pyridine rings is 1. The molecule has 2 heterocycles. The molecule has 0 saturated heterocycles. The second-order valence-corrected chi connectivity index (χ2v) is 3.48. The van der Waals surface area contributed by atoms with Gasteiger partial charge < -0.3 is 10.4 Å². The van der Waals surface area contributed by atoms with E-state index in [-0.39, 0.29) is 34.9 Å². The minimum Gasteiger partial charge on any atom is -0.388 e. The number of amides is 1. The zero-order valence-electron chi connectivity index (χ0n) is 9.70. The van der Waals surface area contributed by atoms with Gasteiger partial charge in [0, 0.05) is 18.9 Å². The summed E-state index contributed by atoms with van der Waals surface area (Å²) in [6.45, 7) is -0.267. The van der Waals surface area contributed by atoms with Gasteiger partial charge in [-0.15, -0.1) is 12.4 Å². The zero-order chi connectivity index (χ0) is 13.0. The topological polar surface area (TPSA) is 114 Å². The summed E-state index contributed by atoms with van der Waals surface area (Å²) >= 11 is 0. The number of aliphatic hydroxyl groups is 1. The third-order valence-corrected chi connectivity index (χ3v) is 2.27. The first-order chi connectivity index (χ1) is 8.72. The van der Waals surface area contributed by atoms with Crippen LogP contribution in [0.15, 0.2) is 29.2 Å². The smallest absolute Gasteiger partial charge is 0.334 e. The predicted molar refractivity (Wildman–Crippen MR) is 65.0 cm³/mol. The molecule has 2 rings (SSSR count). The van der Waals surface area contributed by atoms with E-state index in [1.807, 2.05) is 0 Å². The first-order valence-corrected chi connectivity index (χ1v) is 5.13. The van der Waals surface area contributed by atoms with Crippen molar-refractivity contribution < 1.29 is 19.1 Å². The van der Waals surface area contributed by atoms with Crippen molar-refractivity contribution in [3.63, 3.8) is 0 Å². The Morgan fingerprint density at radius 2 is 2.37 bits per heavy atom. The molecule has 0 aliphatic carbocycles. The Kier molecular flexibility index (Phi) is 5.22. The number of hydrogen-bond acceptors (Lipinski definition) is 5. The molecule has 0 aliphatic rings. The summed E-state index contributed by atoms with van der Waals surface area (Å²) in [5.41, 5.74) is 0.524. The van der Waals surface area contributed by atoms with Crippen LogP contribution in [0.2, 0.25) is 0 Å². The highest BCUT2D eigenvalue weighted by Crippen LogP contribution is 2.00. The molecule has 2 aromatic rings. The van der Waals surface area contributed by atoms with Crippen molar-refractivity contribution in [2.24, 2.45) is 0 Å². The van der Waals surface area contributed by atoms with Gasteiger partial charge in [0.1, 0.15) is 6.61 Å². The lowest BCUT2D eigenvalue weighted by atomic mass is 10.2. The maximum atomic E-state index is 11.7. The van der Waals surface area contributed by atoms with Crippen LogP contribution in [0.25, 0.3) is 0 Å². The van der Waals surface area contributed by atoms with Crippen LogP contribution < -0.4 is 9.92 Å².